The van der Waals surface area contributed by atoms with E-state index in [2.05, 4.69) is 32.0 Å². The maximum absolute atomic E-state index is 11.5. The second-order valence-corrected chi connectivity index (χ2v) is 8.99. The number of ether oxygens (including phenoxy) is 1. The molecule has 0 saturated heterocycles. The molecule has 4 rings (SSSR count). The van der Waals surface area contributed by atoms with Crippen LogP contribution < -0.4 is 4.74 Å². The smallest absolute Gasteiger partial charge is 0.308 e. The molecule has 0 amide bonds. The van der Waals surface area contributed by atoms with E-state index in [1.165, 1.54) is 18.1 Å². The quantitative estimate of drug-likeness (QED) is 0.481. The highest BCUT2D eigenvalue weighted by Crippen LogP contribution is 2.64. The molecule has 1 unspecified atom stereocenters. The summed E-state index contributed by atoms with van der Waals surface area (Å²) in [4.78, 5) is 11.5. The summed E-state index contributed by atoms with van der Waals surface area (Å²) in [6.07, 6.45) is 6.37. The number of rotatable bonds is 2. The Hall–Kier alpha value is -1.86. The van der Waals surface area contributed by atoms with Gasteiger partial charge in [-0.15, -0.1) is 0 Å². The van der Waals surface area contributed by atoms with Crippen LogP contribution in [0.5, 0.6) is 5.75 Å². The molecule has 2 fully saturated rings. The summed E-state index contributed by atoms with van der Waals surface area (Å²) in [5.41, 5.74) is 2.36. The lowest BCUT2D eigenvalue weighted by molar-refractivity contribution is -0.131. The first-order valence-corrected chi connectivity index (χ1v) is 10.3. The number of aliphatic hydroxyl groups is 1. The molecule has 1 N–H and O–H groups in total. The third-order valence-electron chi connectivity index (χ3n) is 7.88. The molecule has 0 bridgehead atoms. The lowest BCUT2D eigenvalue weighted by atomic mass is 9.53. The molecule has 4 heteroatoms. The fraction of sp³-hybridized carbons (Fsp3) is 0.652. The molecule has 0 heterocycles. The maximum Gasteiger partial charge on any atom is 0.308 e. The van der Waals surface area contributed by atoms with Crippen LogP contribution in [0, 0.1) is 28.6 Å². The molecule has 0 aliphatic heterocycles. The Balaban J connectivity index is 1.70. The molecule has 3 aliphatic rings. The van der Waals surface area contributed by atoms with Gasteiger partial charge in [-0.05, 0) is 85.5 Å². The van der Waals surface area contributed by atoms with Gasteiger partial charge in [0, 0.05) is 12.3 Å². The first kappa shape index (κ1) is 18.5. The number of esters is 1. The van der Waals surface area contributed by atoms with Crippen LogP contribution in [0.4, 0.5) is 0 Å². The first-order chi connectivity index (χ1) is 12.8. The van der Waals surface area contributed by atoms with Crippen molar-refractivity contribution in [3.05, 3.63) is 28.8 Å². The molecule has 3 aliphatic carbocycles. The molecule has 2 saturated carbocycles. The monoisotopic (exact) mass is 367 g/mol. The maximum atomic E-state index is 11.5. The van der Waals surface area contributed by atoms with Crippen LogP contribution in [-0.4, -0.2) is 16.7 Å². The number of aryl methyl sites for hydroxylation is 2. The zero-order valence-electron chi connectivity index (χ0n) is 16.5. The zero-order chi connectivity index (χ0) is 19.4. The van der Waals surface area contributed by atoms with Gasteiger partial charge in [0.25, 0.3) is 0 Å². The molecular weight excluding hydrogens is 338 g/mol. The van der Waals surface area contributed by atoms with E-state index < -0.39 is 5.60 Å². The van der Waals surface area contributed by atoms with Gasteiger partial charge in [0.1, 0.15) is 5.75 Å². The average Bonchev–Trinajstić information content (AvgIpc) is 2.92. The Morgan fingerprint density at radius 2 is 2.11 bits per heavy atom. The van der Waals surface area contributed by atoms with Gasteiger partial charge in [-0.25, -0.2) is 0 Å². The summed E-state index contributed by atoms with van der Waals surface area (Å²) in [6, 6.07) is 6.59. The number of nitrogens with zero attached hydrogens (tertiary/aromatic N) is 1. The van der Waals surface area contributed by atoms with Crippen molar-refractivity contribution in [3.8, 4) is 11.8 Å². The van der Waals surface area contributed by atoms with Gasteiger partial charge in [0.15, 0.2) is 5.60 Å². The Kier molecular flexibility index (Phi) is 4.35. The molecule has 0 radical (unpaired) electrons. The summed E-state index contributed by atoms with van der Waals surface area (Å²) >= 11 is 0. The van der Waals surface area contributed by atoms with Crippen molar-refractivity contribution in [1.29, 1.82) is 5.26 Å². The van der Waals surface area contributed by atoms with Gasteiger partial charge in [-0.3, -0.25) is 4.79 Å². The van der Waals surface area contributed by atoms with E-state index in [4.69, 9.17) is 4.74 Å². The predicted octanol–water partition coefficient (Wildman–Crippen LogP) is 4.29. The minimum Gasteiger partial charge on any atom is -0.426 e. The molecular formula is C23H29NO3. The highest BCUT2D eigenvalue weighted by atomic mass is 16.5. The van der Waals surface area contributed by atoms with Gasteiger partial charge in [-0.2, -0.15) is 5.26 Å². The van der Waals surface area contributed by atoms with E-state index in [-0.39, 0.29) is 11.4 Å². The van der Waals surface area contributed by atoms with Crippen LogP contribution in [0.2, 0.25) is 0 Å². The third kappa shape index (κ3) is 2.63. The van der Waals surface area contributed by atoms with Gasteiger partial charge >= 0.3 is 5.97 Å². The number of carbonyl (C=O) groups is 1. The van der Waals surface area contributed by atoms with Crippen LogP contribution in [0.1, 0.15) is 75.5 Å². The normalized spacial score (nSPS) is 36.9. The highest BCUT2D eigenvalue weighted by Gasteiger charge is 2.62. The number of fused-ring (bicyclic) bond motifs is 5. The Bertz CT molecular complexity index is 826. The number of benzene rings is 1. The second-order valence-electron chi connectivity index (χ2n) is 8.99. The lowest BCUT2D eigenvalue weighted by Gasteiger charge is -2.51. The number of hydrogen-bond donors (Lipinski definition) is 1. The van der Waals surface area contributed by atoms with Crippen molar-refractivity contribution >= 4 is 5.97 Å². The summed E-state index contributed by atoms with van der Waals surface area (Å²) in [5, 5.41) is 20.5. The largest absolute Gasteiger partial charge is 0.426 e. The van der Waals surface area contributed by atoms with E-state index in [9.17, 15) is 15.2 Å². The average molecular weight is 367 g/mol. The van der Waals surface area contributed by atoms with Crippen molar-refractivity contribution < 1.29 is 14.6 Å². The third-order valence-corrected chi connectivity index (χ3v) is 7.88. The predicted molar refractivity (Wildman–Crippen MR) is 102 cm³/mol. The topological polar surface area (TPSA) is 70.3 Å². The highest BCUT2D eigenvalue weighted by molar-refractivity contribution is 5.70. The molecule has 1 aromatic carbocycles. The van der Waals surface area contributed by atoms with E-state index >= 15 is 0 Å². The van der Waals surface area contributed by atoms with Gasteiger partial charge < -0.3 is 9.84 Å². The summed E-state index contributed by atoms with van der Waals surface area (Å²) < 4.78 is 5.46. The van der Waals surface area contributed by atoms with Crippen molar-refractivity contribution in [1.82, 2.24) is 0 Å². The SMILES string of the molecule is CCc1cc2c(cc1OC(C)=O)CC[C@@H]1[C@@H]2CC[C@@]2(C)[C@H]1CCC2(O)C#N. The van der Waals surface area contributed by atoms with Crippen LogP contribution >= 0.6 is 0 Å². The van der Waals surface area contributed by atoms with Crippen molar-refractivity contribution in [2.24, 2.45) is 17.3 Å². The van der Waals surface area contributed by atoms with E-state index in [1.807, 2.05) is 0 Å². The molecule has 144 valence electrons. The first-order valence-electron chi connectivity index (χ1n) is 10.3. The Morgan fingerprint density at radius 3 is 2.78 bits per heavy atom. The lowest BCUT2D eigenvalue weighted by Crippen LogP contribution is -2.50. The van der Waals surface area contributed by atoms with Crippen LogP contribution in [0.15, 0.2) is 12.1 Å². The molecule has 5 atom stereocenters. The number of nitriles is 1. The molecule has 0 aromatic heterocycles. The summed E-state index contributed by atoms with van der Waals surface area (Å²) in [7, 11) is 0. The van der Waals surface area contributed by atoms with E-state index in [1.54, 1.807) is 0 Å². The standard InChI is InChI=1S/C23H29NO3/c1-4-15-11-19-16(12-21(15)27-14(2)25)5-6-18-17(19)7-9-22(3)20(18)8-10-23(22,26)13-24/h11-12,17-18,20,26H,4-10H2,1-3H3/t17-,18+,20-,22-,23?/m0/s1. The molecule has 27 heavy (non-hydrogen) atoms. The summed E-state index contributed by atoms with van der Waals surface area (Å²) in [5.74, 6) is 1.87. The minimum atomic E-state index is -1.17. The van der Waals surface area contributed by atoms with Crippen molar-refractivity contribution in [3.63, 3.8) is 0 Å². The van der Waals surface area contributed by atoms with Crippen LogP contribution in [-0.2, 0) is 17.6 Å². The van der Waals surface area contributed by atoms with Gasteiger partial charge in [-0.1, -0.05) is 19.9 Å². The number of carbonyl (C=O) groups excluding carboxylic acids is 1. The van der Waals surface area contributed by atoms with Crippen molar-refractivity contribution in [2.75, 3.05) is 0 Å². The fourth-order valence-electron chi connectivity index (χ4n) is 6.37. The Morgan fingerprint density at radius 1 is 1.33 bits per heavy atom. The fourth-order valence-corrected chi connectivity index (χ4v) is 6.37. The van der Waals surface area contributed by atoms with Crippen molar-refractivity contribution in [2.45, 2.75) is 77.2 Å². The Labute approximate surface area is 161 Å². The van der Waals surface area contributed by atoms with Crippen LogP contribution in [0.3, 0.4) is 0 Å². The minimum absolute atomic E-state index is 0.270. The molecule has 0 spiro atoms. The second kappa shape index (κ2) is 6.34. The van der Waals surface area contributed by atoms with Crippen LogP contribution in [0.25, 0.3) is 0 Å². The summed E-state index contributed by atoms with van der Waals surface area (Å²) in [6.45, 7) is 5.69. The molecule has 4 nitrogen and oxygen atoms in total. The zero-order valence-corrected chi connectivity index (χ0v) is 16.5. The molecule has 1 aromatic rings. The number of hydrogen-bond acceptors (Lipinski definition) is 4. The van der Waals surface area contributed by atoms with E-state index in [0.29, 0.717) is 29.9 Å². The van der Waals surface area contributed by atoms with E-state index in [0.717, 1.165) is 44.1 Å². The van der Waals surface area contributed by atoms with Gasteiger partial charge in [0.05, 0.1) is 6.07 Å². The van der Waals surface area contributed by atoms with Gasteiger partial charge in [0.2, 0.25) is 0 Å².